The fourth-order valence-corrected chi connectivity index (χ4v) is 3.51. The van der Waals surface area contributed by atoms with Crippen molar-refractivity contribution in [2.24, 2.45) is 0 Å². The average molecular weight is 400 g/mol. The lowest BCUT2D eigenvalue weighted by atomic mass is 10.1. The minimum atomic E-state index is -0.315. The van der Waals surface area contributed by atoms with Crippen molar-refractivity contribution < 1.29 is 13.9 Å². The molecule has 3 rings (SSSR count). The van der Waals surface area contributed by atoms with Crippen LogP contribution in [0.4, 0.5) is 10.1 Å². The van der Waals surface area contributed by atoms with Gasteiger partial charge in [-0.3, -0.25) is 14.6 Å². The van der Waals surface area contributed by atoms with Crippen LogP contribution in [0.2, 0.25) is 0 Å². The third-order valence-corrected chi connectivity index (χ3v) is 5.28. The zero-order valence-corrected chi connectivity index (χ0v) is 17.2. The van der Waals surface area contributed by atoms with Crippen LogP contribution in [-0.4, -0.2) is 61.1 Å². The van der Waals surface area contributed by atoms with Crippen molar-refractivity contribution >= 4 is 11.6 Å². The number of carbonyl (C=O) groups excluding carboxylic acids is 1. The molecule has 1 amide bonds. The number of aryl methyl sites for hydroxylation is 1. The number of ether oxygens (including phenoxy) is 1. The molecule has 1 fully saturated rings. The predicted molar refractivity (Wildman–Crippen MR) is 113 cm³/mol. The Morgan fingerprint density at radius 1 is 1.21 bits per heavy atom. The molecule has 6 heteroatoms. The summed E-state index contributed by atoms with van der Waals surface area (Å²) in [5.74, 6) is -0.456. The summed E-state index contributed by atoms with van der Waals surface area (Å²) < 4.78 is 19.2. The molecule has 1 aliphatic heterocycles. The summed E-state index contributed by atoms with van der Waals surface area (Å²) in [5.41, 5.74) is 2.21. The van der Waals surface area contributed by atoms with Gasteiger partial charge >= 0.3 is 0 Å². The molecule has 156 valence electrons. The highest BCUT2D eigenvalue weighted by Crippen LogP contribution is 2.15. The quantitative estimate of drug-likeness (QED) is 0.740. The number of anilines is 1. The molecule has 1 unspecified atom stereocenters. The van der Waals surface area contributed by atoms with Crippen LogP contribution in [-0.2, 0) is 16.1 Å². The summed E-state index contributed by atoms with van der Waals surface area (Å²) in [5, 5.41) is 2.83. The largest absolute Gasteiger partial charge is 0.379 e. The second-order valence-corrected chi connectivity index (χ2v) is 7.66. The van der Waals surface area contributed by atoms with E-state index in [0.717, 1.165) is 38.4 Å². The number of rotatable bonds is 8. The van der Waals surface area contributed by atoms with Crippen LogP contribution < -0.4 is 5.32 Å². The lowest BCUT2D eigenvalue weighted by Crippen LogP contribution is -2.47. The molecule has 0 saturated carbocycles. The molecular weight excluding hydrogens is 369 g/mol. The van der Waals surface area contributed by atoms with Crippen molar-refractivity contribution in [3.63, 3.8) is 0 Å². The number of nitrogens with zero attached hydrogens (tertiary/aromatic N) is 2. The molecule has 0 spiro atoms. The van der Waals surface area contributed by atoms with Crippen LogP contribution in [0.5, 0.6) is 0 Å². The van der Waals surface area contributed by atoms with Gasteiger partial charge in [0.25, 0.3) is 0 Å². The summed E-state index contributed by atoms with van der Waals surface area (Å²) in [6.07, 6.45) is 0. The number of nitrogens with one attached hydrogen (secondary N) is 1. The van der Waals surface area contributed by atoms with Crippen LogP contribution in [0, 0.1) is 12.7 Å². The number of carbonyl (C=O) groups is 1. The van der Waals surface area contributed by atoms with E-state index in [9.17, 15) is 9.18 Å². The number of hydrogen-bond acceptors (Lipinski definition) is 4. The van der Waals surface area contributed by atoms with Gasteiger partial charge < -0.3 is 10.1 Å². The lowest BCUT2D eigenvalue weighted by Gasteiger charge is -2.34. The molecule has 0 aromatic heterocycles. The van der Waals surface area contributed by atoms with Gasteiger partial charge in [0, 0.05) is 37.9 Å². The average Bonchev–Trinajstić information content (AvgIpc) is 2.72. The highest BCUT2D eigenvalue weighted by Gasteiger charge is 2.21. The van der Waals surface area contributed by atoms with Crippen molar-refractivity contribution in [3.05, 3.63) is 65.5 Å². The van der Waals surface area contributed by atoms with Gasteiger partial charge in [-0.15, -0.1) is 0 Å². The molecule has 2 aromatic carbocycles. The van der Waals surface area contributed by atoms with Gasteiger partial charge in [0.05, 0.1) is 19.8 Å². The first-order chi connectivity index (χ1) is 14.0. The maximum absolute atomic E-state index is 13.8. The molecule has 2 aromatic rings. The van der Waals surface area contributed by atoms with E-state index < -0.39 is 0 Å². The Kier molecular flexibility index (Phi) is 7.75. The number of halogens is 1. The second kappa shape index (κ2) is 10.5. The number of amides is 1. The van der Waals surface area contributed by atoms with Crippen molar-refractivity contribution in [2.45, 2.75) is 26.4 Å². The van der Waals surface area contributed by atoms with Gasteiger partial charge in [0.1, 0.15) is 5.82 Å². The van der Waals surface area contributed by atoms with E-state index >= 15 is 0 Å². The summed E-state index contributed by atoms with van der Waals surface area (Å²) in [7, 11) is 0. The Labute approximate surface area is 172 Å². The summed E-state index contributed by atoms with van der Waals surface area (Å²) in [6.45, 7) is 9.00. The highest BCUT2D eigenvalue weighted by molar-refractivity contribution is 5.92. The standard InChI is InChI=1S/C23H30FN3O2/c1-18-8-9-21(14-22(18)24)25-23(28)17-27(16-20-6-4-3-5-7-20)19(2)15-26-10-12-29-13-11-26/h3-9,14,19H,10-13,15-17H2,1-2H3,(H,25,28). The van der Waals surface area contributed by atoms with Gasteiger partial charge in [-0.25, -0.2) is 4.39 Å². The number of hydrogen-bond donors (Lipinski definition) is 1. The zero-order valence-electron chi connectivity index (χ0n) is 17.2. The van der Waals surface area contributed by atoms with Gasteiger partial charge in [-0.1, -0.05) is 36.4 Å². The smallest absolute Gasteiger partial charge is 0.238 e. The lowest BCUT2D eigenvalue weighted by molar-refractivity contribution is -0.118. The molecule has 5 nitrogen and oxygen atoms in total. The van der Waals surface area contributed by atoms with Gasteiger partial charge in [-0.05, 0) is 37.1 Å². The van der Waals surface area contributed by atoms with Crippen molar-refractivity contribution in [2.75, 3.05) is 44.7 Å². The third kappa shape index (κ3) is 6.63. The fraction of sp³-hybridized carbons (Fsp3) is 0.435. The third-order valence-electron chi connectivity index (χ3n) is 5.28. The van der Waals surface area contributed by atoms with Crippen molar-refractivity contribution in [3.8, 4) is 0 Å². The van der Waals surface area contributed by atoms with E-state index in [2.05, 4.69) is 34.2 Å². The molecule has 1 saturated heterocycles. The maximum Gasteiger partial charge on any atom is 0.238 e. The van der Waals surface area contributed by atoms with Crippen LogP contribution in [0.15, 0.2) is 48.5 Å². The minimum absolute atomic E-state index is 0.141. The molecular formula is C23H30FN3O2. The van der Waals surface area contributed by atoms with Crippen molar-refractivity contribution in [1.29, 1.82) is 0 Å². The highest BCUT2D eigenvalue weighted by atomic mass is 19.1. The summed E-state index contributed by atoms with van der Waals surface area (Å²) in [6, 6.07) is 15.1. The molecule has 1 N–H and O–H groups in total. The monoisotopic (exact) mass is 399 g/mol. The van der Waals surface area contributed by atoms with E-state index in [1.807, 2.05) is 18.2 Å². The molecule has 0 aliphatic carbocycles. The Morgan fingerprint density at radius 3 is 2.62 bits per heavy atom. The first kappa shape index (κ1) is 21.4. The van der Waals surface area contributed by atoms with Gasteiger partial charge in [-0.2, -0.15) is 0 Å². The van der Waals surface area contributed by atoms with E-state index in [0.29, 0.717) is 17.8 Å². The second-order valence-electron chi connectivity index (χ2n) is 7.66. The van der Waals surface area contributed by atoms with Crippen LogP contribution in [0.3, 0.4) is 0 Å². The van der Waals surface area contributed by atoms with Crippen LogP contribution in [0.1, 0.15) is 18.1 Å². The SMILES string of the molecule is Cc1ccc(NC(=O)CN(Cc2ccccc2)C(C)CN2CCOCC2)cc1F. The van der Waals surface area contributed by atoms with E-state index in [4.69, 9.17) is 4.74 Å². The topological polar surface area (TPSA) is 44.8 Å². The first-order valence-corrected chi connectivity index (χ1v) is 10.2. The number of morpholine rings is 1. The first-order valence-electron chi connectivity index (χ1n) is 10.2. The van der Waals surface area contributed by atoms with Gasteiger partial charge in [0.2, 0.25) is 5.91 Å². The molecule has 29 heavy (non-hydrogen) atoms. The summed E-state index contributed by atoms with van der Waals surface area (Å²) >= 11 is 0. The summed E-state index contributed by atoms with van der Waals surface area (Å²) in [4.78, 5) is 17.2. The zero-order chi connectivity index (χ0) is 20.6. The fourth-order valence-electron chi connectivity index (χ4n) is 3.51. The Balaban J connectivity index is 1.65. The Morgan fingerprint density at radius 2 is 1.93 bits per heavy atom. The van der Waals surface area contributed by atoms with E-state index in [-0.39, 0.29) is 24.3 Å². The van der Waals surface area contributed by atoms with E-state index in [1.165, 1.54) is 6.07 Å². The molecule has 1 atom stereocenters. The predicted octanol–water partition coefficient (Wildman–Crippen LogP) is 3.30. The van der Waals surface area contributed by atoms with Crippen molar-refractivity contribution in [1.82, 2.24) is 9.80 Å². The number of benzene rings is 2. The molecule has 0 radical (unpaired) electrons. The van der Waals surface area contributed by atoms with Crippen LogP contribution >= 0.6 is 0 Å². The maximum atomic E-state index is 13.8. The molecule has 0 bridgehead atoms. The van der Waals surface area contributed by atoms with E-state index in [1.54, 1.807) is 19.1 Å². The Hall–Kier alpha value is -2.28. The Bertz CT molecular complexity index is 794. The van der Waals surface area contributed by atoms with Gasteiger partial charge in [0.15, 0.2) is 0 Å². The normalized spacial score (nSPS) is 16.0. The molecule has 1 aliphatic rings. The minimum Gasteiger partial charge on any atom is -0.379 e. The molecule has 1 heterocycles. The van der Waals surface area contributed by atoms with Crippen LogP contribution in [0.25, 0.3) is 0 Å².